The van der Waals surface area contributed by atoms with E-state index in [0.717, 1.165) is 28.1 Å². The highest BCUT2D eigenvalue weighted by Crippen LogP contribution is 2.34. The number of nitrogens with zero attached hydrogens (tertiary/aromatic N) is 3. The van der Waals surface area contributed by atoms with Crippen LogP contribution >= 0.6 is 0 Å². The van der Waals surface area contributed by atoms with E-state index in [-0.39, 0.29) is 24.3 Å². The number of ether oxygens (including phenoxy) is 1. The van der Waals surface area contributed by atoms with Gasteiger partial charge in [0.25, 0.3) is 0 Å². The van der Waals surface area contributed by atoms with Crippen molar-refractivity contribution in [3.05, 3.63) is 59.9 Å². The second kappa shape index (κ2) is 6.87. The van der Waals surface area contributed by atoms with Crippen molar-refractivity contribution >= 4 is 28.6 Å². The minimum Gasteiger partial charge on any atom is -0.468 e. The molecular formula is C21H21N3O3. The fourth-order valence-corrected chi connectivity index (χ4v) is 3.75. The first-order chi connectivity index (χ1) is 13.1. The van der Waals surface area contributed by atoms with Gasteiger partial charge in [0, 0.05) is 24.6 Å². The maximum Gasteiger partial charge on any atom is 0.325 e. The number of esters is 1. The van der Waals surface area contributed by atoms with E-state index in [2.05, 4.69) is 0 Å². The fourth-order valence-electron chi connectivity index (χ4n) is 3.75. The van der Waals surface area contributed by atoms with E-state index in [4.69, 9.17) is 9.72 Å². The van der Waals surface area contributed by atoms with Crippen LogP contribution in [0, 0.1) is 6.92 Å². The quantitative estimate of drug-likeness (QED) is 0.669. The summed E-state index contributed by atoms with van der Waals surface area (Å²) in [7, 11) is 1.38. The van der Waals surface area contributed by atoms with Crippen LogP contribution in [0.15, 0.2) is 48.5 Å². The van der Waals surface area contributed by atoms with Gasteiger partial charge in [0.1, 0.15) is 12.4 Å². The van der Waals surface area contributed by atoms with Crippen LogP contribution in [0.3, 0.4) is 0 Å². The number of anilines is 1. The molecule has 0 bridgehead atoms. The summed E-state index contributed by atoms with van der Waals surface area (Å²) in [5.74, 6) is 0.422. The summed E-state index contributed by atoms with van der Waals surface area (Å²) < 4.78 is 6.73. The molecule has 1 atom stereocenters. The number of rotatable bonds is 4. The third-order valence-corrected chi connectivity index (χ3v) is 5.10. The van der Waals surface area contributed by atoms with Gasteiger partial charge in [-0.2, -0.15) is 0 Å². The first-order valence-corrected chi connectivity index (χ1v) is 8.96. The van der Waals surface area contributed by atoms with Crippen LogP contribution in [0.25, 0.3) is 11.0 Å². The smallest absolute Gasteiger partial charge is 0.325 e. The molecule has 2 heterocycles. The zero-order valence-corrected chi connectivity index (χ0v) is 15.4. The number of imidazole rings is 1. The van der Waals surface area contributed by atoms with E-state index in [9.17, 15) is 9.59 Å². The Morgan fingerprint density at radius 1 is 1.19 bits per heavy atom. The summed E-state index contributed by atoms with van der Waals surface area (Å²) in [5.41, 5.74) is 3.69. The lowest BCUT2D eigenvalue weighted by Gasteiger charge is -2.19. The molecule has 1 aromatic heterocycles. The Morgan fingerprint density at radius 2 is 1.93 bits per heavy atom. The summed E-state index contributed by atoms with van der Waals surface area (Å²) in [6.07, 6.45) is 0.374. The van der Waals surface area contributed by atoms with Crippen LogP contribution in [0.4, 0.5) is 5.69 Å². The topological polar surface area (TPSA) is 64.4 Å². The zero-order chi connectivity index (χ0) is 19.0. The summed E-state index contributed by atoms with van der Waals surface area (Å²) in [4.78, 5) is 31.2. The van der Waals surface area contributed by atoms with Crippen LogP contribution in [0.2, 0.25) is 0 Å². The highest BCUT2D eigenvalue weighted by Gasteiger charge is 2.35. The van der Waals surface area contributed by atoms with Crippen LogP contribution in [0.1, 0.15) is 23.7 Å². The minimum absolute atomic E-state index is 0.0748. The number of benzene rings is 2. The number of hydrogen-bond donors (Lipinski definition) is 0. The van der Waals surface area contributed by atoms with Crippen molar-refractivity contribution in [2.24, 2.45) is 0 Å². The first kappa shape index (κ1) is 17.3. The van der Waals surface area contributed by atoms with Gasteiger partial charge in [-0.05, 0) is 30.7 Å². The molecule has 4 rings (SSSR count). The normalized spacial score (nSPS) is 16.9. The number of para-hydroxylation sites is 3. The van der Waals surface area contributed by atoms with Crippen molar-refractivity contribution in [2.75, 3.05) is 18.6 Å². The summed E-state index contributed by atoms with van der Waals surface area (Å²) >= 11 is 0. The second-order valence-electron chi connectivity index (χ2n) is 6.81. The number of amides is 1. The van der Waals surface area contributed by atoms with Gasteiger partial charge in [-0.3, -0.25) is 9.59 Å². The SMILES string of the molecule is COC(=O)Cn1c(C2CC(=O)N(c3ccccc3C)C2)nc2ccccc21. The molecule has 6 heteroatoms. The number of carbonyl (C=O) groups excluding carboxylic acids is 2. The predicted octanol–water partition coefficient (Wildman–Crippen LogP) is 3.04. The van der Waals surface area contributed by atoms with Gasteiger partial charge in [-0.15, -0.1) is 0 Å². The molecule has 27 heavy (non-hydrogen) atoms. The standard InChI is InChI=1S/C21H21N3O3/c1-14-7-3-5-9-17(14)23-12-15(11-19(23)25)21-22-16-8-4-6-10-18(16)24(21)13-20(26)27-2/h3-10,15H,11-13H2,1-2H3. The first-order valence-electron chi connectivity index (χ1n) is 8.96. The predicted molar refractivity (Wildman–Crippen MR) is 103 cm³/mol. The molecule has 1 fully saturated rings. The molecule has 1 saturated heterocycles. The number of fused-ring (bicyclic) bond motifs is 1. The zero-order valence-electron chi connectivity index (χ0n) is 15.4. The number of methoxy groups -OCH3 is 1. The lowest BCUT2D eigenvalue weighted by molar-refractivity contribution is -0.141. The third-order valence-electron chi connectivity index (χ3n) is 5.10. The van der Waals surface area contributed by atoms with Gasteiger partial charge in [0.2, 0.25) is 5.91 Å². The number of carbonyl (C=O) groups is 2. The van der Waals surface area contributed by atoms with Crippen LogP contribution in [-0.2, 0) is 20.9 Å². The van der Waals surface area contributed by atoms with Crippen molar-refractivity contribution in [3.8, 4) is 0 Å². The average Bonchev–Trinajstić information content (AvgIpc) is 3.23. The third kappa shape index (κ3) is 3.07. The molecule has 1 amide bonds. The Balaban J connectivity index is 1.72. The Bertz CT molecular complexity index is 1020. The lowest BCUT2D eigenvalue weighted by Crippen LogP contribution is -2.25. The minimum atomic E-state index is -0.334. The van der Waals surface area contributed by atoms with E-state index in [1.165, 1.54) is 7.11 Å². The molecule has 0 radical (unpaired) electrons. The van der Waals surface area contributed by atoms with Gasteiger partial charge in [-0.1, -0.05) is 30.3 Å². The Labute approximate surface area is 157 Å². The Hall–Kier alpha value is -3.15. The molecule has 0 saturated carbocycles. The molecule has 138 valence electrons. The van der Waals surface area contributed by atoms with E-state index < -0.39 is 0 Å². The van der Waals surface area contributed by atoms with Gasteiger partial charge >= 0.3 is 5.97 Å². The summed E-state index contributed by atoms with van der Waals surface area (Å²) in [6.45, 7) is 2.64. The summed E-state index contributed by atoms with van der Waals surface area (Å²) in [6, 6.07) is 15.6. The van der Waals surface area contributed by atoms with Crippen molar-refractivity contribution in [2.45, 2.75) is 25.8 Å². The molecule has 0 N–H and O–H groups in total. The Kier molecular flexibility index (Phi) is 4.39. The van der Waals surface area contributed by atoms with Gasteiger partial charge in [0.05, 0.1) is 18.1 Å². The van der Waals surface area contributed by atoms with E-state index >= 15 is 0 Å². The Morgan fingerprint density at radius 3 is 2.70 bits per heavy atom. The summed E-state index contributed by atoms with van der Waals surface area (Å²) in [5, 5.41) is 0. The fraction of sp³-hybridized carbons (Fsp3) is 0.286. The van der Waals surface area contributed by atoms with Gasteiger partial charge in [0.15, 0.2) is 0 Å². The van der Waals surface area contributed by atoms with Crippen molar-refractivity contribution in [3.63, 3.8) is 0 Å². The molecule has 1 aliphatic heterocycles. The molecule has 0 spiro atoms. The van der Waals surface area contributed by atoms with Crippen molar-refractivity contribution in [1.29, 1.82) is 0 Å². The van der Waals surface area contributed by atoms with E-state index in [1.807, 2.05) is 64.9 Å². The lowest BCUT2D eigenvalue weighted by atomic mass is 10.1. The average molecular weight is 363 g/mol. The maximum atomic E-state index is 12.7. The largest absolute Gasteiger partial charge is 0.468 e. The molecule has 6 nitrogen and oxygen atoms in total. The maximum absolute atomic E-state index is 12.7. The molecule has 3 aromatic rings. The highest BCUT2D eigenvalue weighted by molar-refractivity contribution is 5.97. The van der Waals surface area contributed by atoms with Crippen LogP contribution in [0.5, 0.6) is 0 Å². The molecular weight excluding hydrogens is 342 g/mol. The number of aryl methyl sites for hydroxylation is 1. The van der Waals surface area contributed by atoms with E-state index in [0.29, 0.717) is 13.0 Å². The van der Waals surface area contributed by atoms with E-state index in [1.54, 1.807) is 0 Å². The van der Waals surface area contributed by atoms with Crippen molar-refractivity contribution < 1.29 is 14.3 Å². The van der Waals surface area contributed by atoms with Crippen molar-refractivity contribution in [1.82, 2.24) is 9.55 Å². The monoisotopic (exact) mass is 363 g/mol. The number of aromatic nitrogens is 2. The van der Waals surface area contributed by atoms with Gasteiger partial charge in [-0.25, -0.2) is 4.98 Å². The number of hydrogen-bond acceptors (Lipinski definition) is 4. The molecule has 1 aliphatic rings. The van der Waals surface area contributed by atoms with Crippen LogP contribution in [-0.4, -0.2) is 35.1 Å². The van der Waals surface area contributed by atoms with Crippen LogP contribution < -0.4 is 4.90 Å². The second-order valence-corrected chi connectivity index (χ2v) is 6.81. The molecule has 2 aromatic carbocycles. The molecule has 1 unspecified atom stereocenters. The highest BCUT2D eigenvalue weighted by atomic mass is 16.5. The molecule has 0 aliphatic carbocycles. The van der Waals surface area contributed by atoms with Gasteiger partial charge < -0.3 is 14.2 Å².